The fraction of sp³-hybridized carbons (Fsp3) is 0.500. The summed E-state index contributed by atoms with van der Waals surface area (Å²) in [5.74, 6) is 0.567. The van der Waals surface area contributed by atoms with Crippen LogP contribution in [0, 0.1) is 5.92 Å². The van der Waals surface area contributed by atoms with E-state index < -0.39 is 0 Å². The Morgan fingerprint density at radius 2 is 2.14 bits per heavy atom. The molecule has 0 saturated carbocycles. The van der Waals surface area contributed by atoms with Gasteiger partial charge in [0, 0.05) is 0 Å². The van der Waals surface area contributed by atoms with Gasteiger partial charge in [0.15, 0.2) is 0 Å². The zero-order chi connectivity index (χ0) is 16.2. The summed E-state index contributed by atoms with van der Waals surface area (Å²) in [4.78, 5) is 0. The topological polar surface area (TPSA) is 33.4 Å². The van der Waals surface area contributed by atoms with Crippen molar-refractivity contribution in [3.05, 3.63) is 59.6 Å². The first-order chi connectivity index (χ1) is 10.6. The van der Waals surface area contributed by atoms with Gasteiger partial charge in [-0.25, -0.2) is 0 Å². The standard InChI is InChI=1S/C20H30O2/c1-17(9-5-11-19(3)15-21)7-4-8-18(2)10-6-12-20-13-14-22-16-20/h4,7-8,11,13-14,16-17,21H,5-6,9-10,12,15H2,1-3H3. The summed E-state index contributed by atoms with van der Waals surface area (Å²) < 4.78 is 5.07. The molecule has 2 nitrogen and oxygen atoms in total. The first-order valence-corrected chi connectivity index (χ1v) is 8.23. The van der Waals surface area contributed by atoms with Crippen molar-refractivity contribution in [3.63, 3.8) is 0 Å². The second-order valence-electron chi connectivity index (χ2n) is 6.15. The molecule has 1 heterocycles. The first-order valence-electron chi connectivity index (χ1n) is 8.23. The third-order valence-corrected chi connectivity index (χ3v) is 3.80. The van der Waals surface area contributed by atoms with Crippen molar-refractivity contribution in [1.82, 2.24) is 0 Å². The van der Waals surface area contributed by atoms with Crippen molar-refractivity contribution in [1.29, 1.82) is 0 Å². The molecule has 0 aliphatic rings. The number of hydrogen-bond donors (Lipinski definition) is 1. The van der Waals surface area contributed by atoms with Gasteiger partial charge >= 0.3 is 0 Å². The van der Waals surface area contributed by atoms with Crippen LogP contribution in [0.1, 0.15) is 52.0 Å². The van der Waals surface area contributed by atoms with Crippen LogP contribution in [0.4, 0.5) is 0 Å². The summed E-state index contributed by atoms with van der Waals surface area (Å²) >= 11 is 0. The highest BCUT2D eigenvalue weighted by Crippen LogP contribution is 2.12. The van der Waals surface area contributed by atoms with Crippen LogP contribution in [0.5, 0.6) is 0 Å². The van der Waals surface area contributed by atoms with Gasteiger partial charge in [-0.05, 0) is 63.5 Å². The van der Waals surface area contributed by atoms with Crippen molar-refractivity contribution < 1.29 is 9.52 Å². The van der Waals surface area contributed by atoms with Crippen LogP contribution in [-0.4, -0.2) is 11.7 Å². The van der Waals surface area contributed by atoms with Gasteiger partial charge in [0.25, 0.3) is 0 Å². The average Bonchev–Trinajstić information content (AvgIpc) is 3.00. The molecule has 1 aromatic rings. The Morgan fingerprint density at radius 1 is 1.32 bits per heavy atom. The molecular weight excluding hydrogens is 272 g/mol. The van der Waals surface area contributed by atoms with Crippen molar-refractivity contribution in [3.8, 4) is 0 Å². The molecule has 1 rings (SSSR count). The molecule has 2 heteroatoms. The van der Waals surface area contributed by atoms with E-state index in [0.717, 1.165) is 37.7 Å². The number of allylic oxidation sites excluding steroid dienone is 5. The minimum absolute atomic E-state index is 0.172. The molecule has 0 fully saturated rings. The third kappa shape index (κ3) is 8.68. The van der Waals surface area contributed by atoms with E-state index in [9.17, 15) is 0 Å². The second-order valence-corrected chi connectivity index (χ2v) is 6.15. The molecule has 1 atom stereocenters. The number of furan rings is 1. The maximum absolute atomic E-state index is 8.94. The molecule has 0 spiro atoms. The van der Waals surface area contributed by atoms with Crippen LogP contribution < -0.4 is 0 Å². The second kappa shape index (κ2) is 11.1. The first kappa shape index (κ1) is 18.5. The molecule has 0 radical (unpaired) electrons. The largest absolute Gasteiger partial charge is 0.472 e. The Labute approximate surface area is 135 Å². The zero-order valence-corrected chi connectivity index (χ0v) is 14.2. The van der Waals surface area contributed by atoms with Gasteiger partial charge in [-0.15, -0.1) is 0 Å². The van der Waals surface area contributed by atoms with Crippen LogP contribution in [0.25, 0.3) is 0 Å². The highest BCUT2D eigenvalue weighted by atomic mass is 16.3. The molecule has 0 aliphatic carbocycles. The van der Waals surface area contributed by atoms with E-state index in [0.29, 0.717) is 5.92 Å². The number of aliphatic hydroxyl groups excluding tert-OH is 1. The quantitative estimate of drug-likeness (QED) is 0.460. The van der Waals surface area contributed by atoms with Gasteiger partial charge in [-0.1, -0.05) is 42.4 Å². The zero-order valence-electron chi connectivity index (χ0n) is 14.2. The molecule has 1 unspecified atom stereocenters. The number of aliphatic hydroxyl groups is 1. The fourth-order valence-electron chi connectivity index (χ4n) is 2.25. The Hall–Kier alpha value is -1.54. The molecule has 0 saturated heterocycles. The lowest BCUT2D eigenvalue weighted by Crippen LogP contribution is -1.90. The lowest BCUT2D eigenvalue weighted by atomic mass is 10.0. The molecular formula is C20H30O2. The molecule has 0 bridgehead atoms. The van der Waals surface area contributed by atoms with Gasteiger partial charge in [-0.2, -0.15) is 0 Å². The highest BCUT2D eigenvalue weighted by Gasteiger charge is 1.97. The van der Waals surface area contributed by atoms with E-state index in [-0.39, 0.29) is 6.61 Å². The number of aryl methyl sites for hydroxylation is 1. The maximum Gasteiger partial charge on any atom is 0.0934 e. The van der Waals surface area contributed by atoms with Gasteiger partial charge in [0.2, 0.25) is 0 Å². The van der Waals surface area contributed by atoms with E-state index >= 15 is 0 Å². The average molecular weight is 302 g/mol. The summed E-state index contributed by atoms with van der Waals surface area (Å²) in [6.45, 7) is 6.57. The SMILES string of the molecule is CC(=CCCC(C)C=CC=C(C)CCCc1ccoc1)CO. The van der Waals surface area contributed by atoms with Crippen LogP contribution >= 0.6 is 0 Å². The molecule has 122 valence electrons. The molecule has 0 aromatic carbocycles. The van der Waals surface area contributed by atoms with Crippen LogP contribution in [0.3, 0.4) is 0 Å². The van der Waals surface area contributed by atoms with Crippen LogP contribution in [0.15, 0.2) is 58.5 Å². The lowest BCUT2D eigenvalue weighted by molar-refractivity contribution is 0.330. The Bertz CT molecular complexity index is 478. The van der Waals surface area contributed by atoms with E-state index in [4.69, 9.17) is 9.52 Å². The highest BCUT2D eigenvalue weighted by molar-refractivity contribution is 5.12. The molecule has 0 amide bonds. The Balaban J connectivity index is 2.20. The van der Waals surface area contributed by atoms with Crippen LogP contribution in [-0.2, 0) is 6.42 Å². The minimum atomic E-state index is 0.172. The fourth-order valence-corrected chi connectivity index (χ4v) is 2.25. The van der Waals surface area contributed by atoms with Gasteiger partial charge < -0.3 is 9.52 Å². The van der Waals surface area contributed by atoms with Crippen molar-refractivity contribution in [2.75, 3.05) is 6.61 Å². The van der Waals surface area contributed by atoms with Crippen molar-refractivity contribution in [2.45, 2.75) is 52.9 Å². The molecule has 1 aromatic heterocycles. The number of hydrogen-bond acceptors (Lipinski definition) is 2. The Kier molecular flexibility index (Phi) is 9.33. The predicted molar refractivity (Wildman–Crippen MR) is 93.8 cm³/mol. The Morgan fingerprint density at radius 3 is 2.82 bits per heavy atom. The summed E-state index contributed by atoms with van der Waals surface area (Å²) in [6, 6.07) is 2.04. The number of rotatable bonds is 10. The van der Waals surface area contributed by atoms with Gasteiger partial charge in [0.1, 0.15) is 0 Å². The normalized spacial score (nSPS) is 14.7. The monoisotopic (exact) mass is 302 g/mol. The summed E-state index contributed by atoms with van der Waals surface area (Å²) in [6.07, 6.45) is 17.9. The van der Waals surface area contributed by atoms with E-state index in [1.54, 1.807) is 6.26 Å². The summed E-state index contributed by atoms with van der Waals surface area (Å²) in [5.41, 5.74) is 3.76. The van der Waals surface area contributed by atoms with E-state index in [1.807, 2.05) is 19.3 Å². The smallest absolute Gasteiger partial charge is 0.0934 e. The van der Waals surface area contributed by atoms with Crippen LogP contribution in [0.2, 0.25) is 0 Å². The van der Waals surface area contributed by atoms with Gasteiger partial charge in [0.05, 0.1) is 19.1 Å². The summed E-state index contributed by atoms with van der Waals surface area (Å²) in [5, 5.41) is 8.94. The van der Waals surface area contributed by atoms with Crippen molar-refractivity contribution in [2.24, 2.45) is 5.92 Å². The third-order valence-electron chi connectivity index (χ3n) is 3.80. The predicted octanol–water partition coefficient (Wildman–Crippen LogP) is 5.46. The van der Waals surface area contributed by atoms with Crippen molar-refractivity contribution >= 4 is 0 Å². The molecule has 0 aliphatic heterocycles. The summed E-state index contributed by atoms with van der Waals surface area (Å²) in [7, 11) is 0. The van der Waals surface area contributed by atoms with E-state index in [2.05, 4.69) is 38.2 Å². The maximum atomic E-state index is 8.94. The van der Waals surface area contributed by atoms with Gasteiger partial charge in [-0.3, -0.25) is 0 Å². The molecule has 22 heavy (non-hydrogen) atoms. The van der Waals surface area contributed by atoms with E-state index in [1.165, 1.54) is 11.1 Å². The lowest BCUT2D eigenvalue weighted by Gasteiger charge is -2.04. The molecule has 1 N–H and O–H groups in total. The minimum Gasteiger partial charge on any atom is -0.472 e.